The lowest BCUT2D eigenvalue weighted by atomic mass is 9.95. The molecule has 1 fully saturated rings. The molecule has 1 atom stereocenters. The molecular formula is C24H17ClN2O5. The van der Waals surface area contributed by atoms with Crippen LogP contribution in [0.4, 0.5) is 11.4 Å². The number of amides is 1. The molecule has 32 heavy (non-hydrogen) atoms. The molecule has 1 heterocycles. The van der Waals surface area contributed by atoms with Gasteiger partial charge in [-0.15, -0.1) is 0 Å². The van der Waals surface area contributed by atoms with Gasteiger partial charge in [0.25, 0.3) is 17.4 Å². The van der Waals surface area contributed by atoms with E-state index in [9.17, 15) is 24.8 Å². The number of nitro benzene ring substituents is 1. The van der Waals surface area contributed by atoms with E-state index in [1.165, 1.54) is 29.2 Å². The van der Waals surface area contributed by atoms with E-state index >= 15 is 0 Å². The Kier molecular flexibility index (Phi) is 5.50. The van der Waals surface area contributed by atoms with Crippen LogP contribution in [0.5, 0.6) is 0 Å². The zero-order chi connectivity index (χ0) is 23.0. The third-order valence-corrected chi connectivity index (χ3v) is 5.55. The zero-order valence-electron chi connectivity index (χ0n) is 16.9. The Morgan fingerprint density at radius 2 is 1.56 bits per heavy atom. The molecule has 1 amide bonds. The van der Waals surface area contributed by atoms with Crippen molar-refractivity contribution in [2.24, 2.45) is 0 Å². The Bertz CT molecular complexity index is 1250. The van der Waals surface area contributed by atoms with Crippen molar-refractivity contribution in [2.45, 2.75) is 13.0 Å². The number of aliphatic hydroxyl groups excluding tert-OH is 1. The lowest BCUT2D eigenvalue weighted by Crippen LogP contribution is -2.29. The van der Waals surface area contributed by atoms with Crippen molar-refractivity contribution < 1.29 is 19.6 Å². The van der Waals surface area contributed by atoms with Gasteiger partial charge >= 0.3 is 0 Å². The lowest BCUT2D eigenvalue weighted by Gasteiger charge is -2.25. The van der Waals surface area contributed by atoms with Gasteiger partial charge in [-0.05, 0) is 48.9 Å². The maximum absolute atomic E-state index is 13.1. The SMILES string of the molecule is Cc1ccc(N2C(=O)C(=O)C(=C(O)c3ccc([N+](=O)[O-])cc3)C2c2ccc(Cl)cc2)cc1. The van der Waals surface area contributed by atoms with Crippen LogP contribution in [0.15, 0.2) is 78.4 Å². The number of rotatable bonds is 4. The predicted octanol–water partition coefficient (Wildman–Crippen LogP) is 5.18. The summed E-state index contributed by atoms with van der Waals surface area (Å²) in [5.74, 6) is -2.04. The van der Waals surface area contributed by atoms with Gasteiger partial charge in [0.05, 0.1) is 16.5 Å². The van der Waals surface area contributed by atoms with Crippen LogP contribution in [0.2, 0.25) is 5.02 Å². The summed E-state index contributed by atoms with van der Waals surface area (Å²) in [6.07, 6.45) is 0. The topological polar surface area (TPSA) is 101 Å². The van der Waals surface area contributed by atoms with Crippen LogP contribution in [0.1, 0.15) is 22.7 Å². The summed E-state index contributed by atoms with van der Waals surface area (Å²) in [5.41, 5.74) is 2.00. The summed E-state index contributed by atoms with van der Waals surface area (Å²) in [6, 6.07) is 18.0. The molecule has 1 aliphatic rings. The van der Waals surface area contributed by atoms with Crippen LogP contribution in [0.3, 0.4) is 0 Å². The second-order valence-electron chi connectivity index (χ2n) is 7.36. The highest BCUT2D eigenvalue weighted by Gasteiger charge is 2.46. The van der Waals surface area contributed by atoms with Gasteiger partial charge < -0.3 is 5.11 Å². The first-order valence-electron chi connectivity index (χ1n) is 9.66. The molecule has 1 saturated heterocycles. The Balaban J connectivity index is 1.90. The van der Waals surface area contributed by atoms with Crippen molar-refractivity contribution >= 4 is 40.4 Å². The van der Waals surface area contributed by atoms with Crippen LogP contribution < -0.4 is 4.90 Å². The normalized spacial score (nSPS) is 17.6. The molecule has 1 aliphatic heterocycles. The van der Waals surface area contributed by atoms with Crippen molar-refractivity contribution in [3.8, 4) is 0 Å². The number of hydrogen-bond acceptors (Lipinski definition) is 5. The molecular weight excluding hydrogens is 432 g/mol. The highest BCUT2D eigenvalue weighted by atomic mass is 35.5. The summed E-state index contributed by atoms with van der Waals surface area (Å²) in [4.78, 5) is 37.8. The van der Waals surface area contributed by atoms with Crippen molar-refractivity contribution in [1.82, 2.24) is 0 Å². The van der Waals surface area contributed by atoms with E-state index in [0.717, 1.165) is 5.56 Å². The van der Waals surface area contributed by atoms with Gasteiger partial charge in [0, 0.05) is 28.4 Å². The predicted molar refractivity (Wildman–Crippen MR) is 121 cm³/mol. The number of carbonyl (C=O) groups is 2. The standard InChI is InChI=1S/C24H17ClN2O5/c1-14-2-10-18(11-3-14)26-21(15-4-8-17(25)9-5-15)20(23(29)24(26)30)22(28)16-6-12-19(13-7-16)27(31)32/h2-13,21,28H,1H3. The average Bonchev–Trinajstić information content (AvgIpc) is 3.05. The van der Waals surface area contributed by atoms with Gasteiger partial charge in [0.1, 0.15) is 5.76 Å². The van der Waals surface area contributed by atoms with Gasteiger partial charge in [-0.2, -0.15) is 0 Å². The third kappa shape index (κ3) is 3.74. The van der Waals surface area contributed by atoms with Crippen molar-refractivity contribution in [2.75, 3.05) is 4.90 Å². The van der Waals surface area contributed by atoms with Crippen LogP contribution in [0, 0.1) is 17.0 Å². The number of ketones is 1. The first-order valence-corrected chi connectivity index (χ1v) is 10.0. The Morgan fingerprint density at radius 1 is 0.969 bits per heavy atom. The summed E-state index contributed by atoms with van der Waals surface area (Å²) >= 11 is 6.02. The van der Waals surface area contributed by atoms with Crippen LogP contribution in [-0.2, 0) is 9.59 Å². The molecule has 0 saturated carbocycles. The second kappa shape index (κ2) is 8.28. The third-order valence-electron chi connectivity index (χ3n) is 5.29. The first kappa shape index (κ1) is 21.3. The van der Waals surface area contributed by atoms with Gasteiger partial charge in [-0.1, -0.05) is 41.4 Å². The van der Waals surface area contributed by atoms with E-state index in [0.29, 0.717) is 16.3 Å². The highest BCUT2D eigenvalue weighted by Crippen LogP contribution is 2.42. The van der Waals surface area contributed by atoms with Gasteiger partial charge in [0.15, 0.2) is 0 Å². The molecule has 4 rings (SSSR count). The number of halogens is 1. The largest absolute Gasteiger partial charge is 0.507 e. The average molecular weight is 449 g/mol. The molecule has 0 bridgehead atoms. The summed E-state index contributed by atoms with van der Waals surface area (Å²) in [5, 5.41) is 22.4. The van der Waals surface area contributed by atoms with Crippen LogP contribution in [-0.4, -0.2) is 21.7 Å². The molecule has 0 aromatic heterocycles. The Hall–Kier alpha value is -3.97. The minimum absolute atomic E-state index is 0.105. The van der Waals surface area contributed by atoms with E-state index in [-0.39, 0.29) is 16.8 Å². The smallest absolute Gasteiger partial charge is 0.300 e. The van der Waals surface area contributed by atoms with E-state index in [2.05, 4.69) is 0 Å². The zero-order valence-corrected chi connectivity index (χ0v) is 17.6. The number of Topliss-reactive ketones (excluding diaryl/α,β-unsaturated/α-hetero) is 1. The summed E-state index contributed by atoms with van der Waals surface area (Å²) in [6.45, 7) is 1.91. The monoisotopic (exact) mass is 448 g/mol. The number of aryl methyl sites for hydroxylation is 1. The number of anilines is 1. The van der Waals surface area contributed by atoms with E-state index in [1.807, 2.05) is 19.1 Å². The van der Waals surface area contributed by atoms with Crippen molar-refractivity contribution in [1.29, 1.82) is 0 Å². The quantitative estimate of drug-likeness (QED) is 0.195. The first-order chi connectivity index (χ1) is 15.3. The number of nitro groups is 1. The molecule has 1 N–H and O–H groups in total. The maximum Gasteiger partial charge on any atom is 0.300 e. The molecule has 0 spiro atoms. The van der Waals surface area contributed by atoms with Crippen LogP contribution in [0.25, 0.3) is 5.76 Å². The number of carbonyl (C=O) groups excluding carboxylic acids is 2. The molecule has 0 radical (unpaired) electrons. The van der Waals surface area contributed by atoms with Crippen molar-refractivity contribution in [3.05, 3.63) is 110 Å². The number of benzene rings is 3. The fraction of sp³-hybridized carbons (Fsp3) is 0.0833. The second-order valence-corrected chi connectivity index (χ2v) is 7.80. The number of nitrogens with zero attached hydrogens (tertiary/aromatic N) is 2. The Morgan fingerprint density at radius 3 is 2.12 bits per heavy atom. The molecule has 7 nitrogen and oxygen atoms in total. The minimum Gasteiger partial charge on any atom is -0.507 e. The van der Waals surface area contributed by atoms with E-state index in [4.69, 9.17) is 11.6 Å². The minimum atomic E-state index is -0.898. The summed E-state index contributed by atoms with van der Waals surface area (Å²) in [7, 11) is 0. The van der Waals surface area contributed by atoms with Gasteiger partial charge in [0.2, 0.25) is 0 Å². The Labute approximate surface area is 188 Å². The molecule has 1 unspecified atom stereocenters. The molecule has 0 aliphatic carbocycles. The number of hydrogen-bond donors (Lipinski definition) is 1. The van der Waals surface area contributed by atoms with Gasteiger partial charge in [-0.25, -0.2) is 0 Å². The number of non-ortho nitro benzene ring substituents is 1. The molecule has 3 aromatic rings. The van der Waals surface area contributed by atoms with Crippen molar-refractivity contribution in [3.63, 3.8) is 0 Å². The molecule has 160 valence electrons. The number of aliphatic hydroxyl groups is 1. The fourth-order valence-corrected chi connectivity index (χ4v) is 3.79. The van der Waals surface area contributed by atoms with Crippen LogP contribution >= 0.6 is 11.6 Å². The summed E-state index contributed by atoms with van der Waals surface area (Å²) < 4.78 is 0. The van der Waals surface area contributed by atoms with Gasteiger partial charge in [-0.3, -0.25) is 24.6 Å². The highest BCUT2D eigenvalue weighted by molar-refractivity contribution is 6.51. The lowest BCUT2D eigenvalue weighted by molar-refractivity contribution is -0.384. The molecule has 8 heteroatoms. The van der Waals surface area contributed by atoms with E-state index < -0.39 is 28.4 Å². The maximum atomic E-state index is 13.1. The van der Waals surface area contributed by atoms with E-state index in [1.54, 1.807) is 36.4 Å². The fourth-order valence-electron chi connectivity index (χ4n) is 3.66. The molecule has 3 aromatic carbocycles.